The molecule has 0 bridgehead atoms. The highest BCUT2D eigenvalue weighted by molar-refractivity contribution is 5.80. The van der Waals surface area contributed by atoms with Gasteiger partial charge in [0, 0.05) is 37.6 Å². The molecule has 0 radical (unpaired) electrons. The Bertz CT molecular complexity index is 472. The molecule has 0 saturated carbocycles. The summed E-state index contributed by atoms with van der Waals surface area (Å²) in [4.78, 5) is 23.0. The molecule has 1 aromatic heterocycles. The second-order valence-corrected chi connectivity index (χ2v) is 5.96. The van der Waals surface area contributed by atoms with Gasteiger partial charge in [0.2, 0.25) is 11.9 Å². The van der Waals surface area contributed by atoms with E-state index in [9.17, 15) is 4.79 Å². The van der Waals surface area contributed by atoms with Crippen LogP contribution in [0.4, 0.5) is 5.95 Å². The summed E-state index contributed by atoms with van der Waals surface area (Å²) < 4.78 is 0. The Morgan fingerprint density at radius 3 is 2.62 bits per heavy atom. The second-order valence-electron chi connectivity index (χ2n) is 5.96. The number of amides is 1. The topological polar surface area (TPSA) is 70.2 Å². The van der Waals surface area contributed by atoms with Crippen LogP contribution in [0.25, 0.3) is 0 Å². The monoisotopic (exact) mass is 289 g/mol. The van der Waals surface area contributed by atoms with Gasteiger partial charge >= 0.3 is 0 Å². The number of piperidine rings is 1. The molecule has 3 rings (SSSR count). The summed E-state index contributed by atoms with van der Waals surface area (Å²) in [6.45, 7) is 4.83. The minimum atomic E-state index is 0.125. The third-order valence-corrected chi connectivity index (χ3v) is 4.54. The summed E-state index contributed by atoms with van der Waals surface area (Å²) in [6, 6.07) is 2.40. The lowest BCUT2D eigenvalue weighted by molar-refractivity contribution is -0.126. The zero-order valence-corrected chi connectivity index (χ0v) is 12.5. The van der Waals surface area contributed by atoms with Gasteiger partial charge in [0.25, 0.3) is 0 Å². The second kappa shape index (κ2) is 6.39. The molecule has 114 valence electrons. The van der Waals surface area contributed by atoms with Crippen molar-refractivity contribution in [2.75, 3.05) is 24.5 Å². The van der Waals surface area contributed by atoms with Crippen LogP contribution in [0.1, 0.15) is 26.2 Å². The Labute approximate surface area is 125 Å². The molecule has 2 aliphatic heterocycles. The first-order valence-corrected chi connectivity index (χ1v) is 7.80. The number of nitrogens with zero attached hydrogens (tertiary/aromatic N) is 3. The molecule has 6 nitrogen and oxygen atoms in total. The fourth-order valence-corrected chi connectivity index (χ4v) is 3.20. The lowest BCUT2D eigenvalue weighted by Crippen LogP contribution is -2.48. The van der Waals surface area contributed by atoms with Gasteiger partial charge in [-0.3, -0.25) is 4.79 Å². The Balaban J connectivity index is 1.49. The molecular formula is C15H23N5O. The Hall–Kier alpha value is -1.69. The van der Waals surface area contributed by atoms with Gasteiger partial charge in [0.05, 0.1) is 5.92 Å². The summed E-state index contributed by atoms with van der Waals surface area (Å²) in [5.74, 6) is 1.12. The van der Waals surface area contributed by atoms with Crippen LogP contribution in [0.15, 0.2) is 18.5 Å². The highest BCUT2D eigenvalue weighted by Crippen LogP contribution is 2.18. The van der Waals surface area contributed by atoms with E-state index in [1.54, 1.807) is 12.4 Å². The smallest absolute Gasteiger partial charge is 0.225 e. The number of carbonyl (C=O) groups excluding carboxylic acids is 1. The van der Waals surface area contributed by atoms with Crippen molar-refractivity contribution in [1.82, 2.24) is 20.6 Å². The van der Waals surface area contributed by atoms with Crippen LogP contribution in [0.2, 0.25) is 0 Å². The van der Waals surface area contributed by atoms with E-state index in [2.05, 4.69) is 32.4 Å². The molecular weight excluding hydrogens is 266 g/mol. The van der Waals surface area contributed by atoms with Crippen molar-refractivity contribution in [3.8, 4) is 0 Å². The molecule has 2 atom stereocenters. The highest BCUT2D eigenvalue weighted by Gasteiger charge is 2.31. The SMILES string of the molecule is CC1NCCC1C(=O)NC1CCN(c2ncccn2)CC1. The standard InChI is InChI=1S/C15H23N5O/c1-11-13(3-8-16-11)14(21)19-12-4-9-20(10-5-12)15-17-6-2-7-18-15/h2,6-7,11-13,16H,3-5,8-10H2,1H3,(H,19,21). The van der Waals surface area contributed by atoms with E-state index in [1.807, 2.05) is 6.07 Å². The molecule has 2 unspecified atom stereocenters. The molecule has 3 heterocycles. The number of nitrogens with one attached hydrogen (secondary N) is 2. The van der Waals surface area contributed by atoms with Gasteiger partial charge in [0.15, 0.2) is 0 Å². The number of carbonyl (C=O) groups is 1. The van der Waals surface area contributed by atoms with Crippen molar-refractivity contribution in [2.24, 2.45) is 5.92 Å². The van der Waals surface area contributed by atoms with Crippen LogP contribution in [-0.2, 0) is 4.79 Å². The molecule has 1 amide bonds. The molecule has 2 fully saturated rings. The zero-order valence-electron chi connectivity index (χ0n) is 12.5. The van der Waals surface area contributed by atoms with Gasteiger partial charge in [-0.15, -0.1) is 0 Å². The minimum absolute atomic E-state index is 0.125. The van der Waals surface area contributed by atoms with E-state index < -0.39 is 0 Å². The maximum absolute atomic E-state index is 12.3. The first-order chi connectivity index (χ1) is 10.2. The van der Waals surface area contributed by atoms with Crippen molar-refractivity contribution in [3.63, 3.8) is 0 Å². The van der Waals surface area contributed by atoms with E-state index in [-0.39, 0.29) is 17.9 Å². The quantitative estimate of drug-likeness (QED) is 0.851. The zero-order chi connectivity index (χ0) is 14.7. The molecule has 2 N–H and O–H groups in total. The third-order valence-electron chi connectivity index (χ3n) is 4.54. The van der Waals surface area contributed by atoms with E-state index in [4.69, 9.17) is 0 Å². The normalized spacial score (nSPS) is 26.8. The fourth-order valence-electron chi connectivity index (χ4n) is 3.20. The lowest BCUT2D eigenvalue weighted by Gasteiger charge is -2.33. The summed E-state index contributed by atoms with van der Waals surface area (Å²) in [7, 11) is 0. The summed E-state index contributed by atoms with van der Waals surface area (Å²) in [5, 5.41) is 6.55. The maximum atomic E-state index is 12.3. The van der Waals surface area contributed by atoms with Gasteiger partial charge in [-0.25, -0.2) is 9.97 Å². The van der Waals surface area contributed by atoms with E-state index >= 15 is 0 Å². The van der Waals surface area contributed by atoms with Crippen molar-refractivity contribution in [2.45, 2.75) is 38.3 Å². The van der Waals surface area contributed by atoms with Crippen LogP contribution in [0.5, 0.6) is 0 Å². The third kappa shape index (κ3) is 3.32. The lowest BCUT2D eigenvalue weighted by atomic mass is 9.99. The van der Waals surface area contributed by atoms with Gasteiger partial charge in [0.1, 0.15) is 0 Å². The molecule has 2 saturated heterocycles. The molecule has 0 aromatic carbocycles. The van der Waals surface area contributed by atoms with Crippen molar-refractivity contribution in [1.29, 1.82) is 0 Å². The first kappa shape index (κ1) is 14.3. The van der Waals surface area contributed by atoms with Crippen LogP contribution in [-0.4, -0.2) is 47.6 Å². The number of hydrogen-bond acceptors (Lipinski definition) is 5. The van der Waals surface area contributed by atoms with Gasteiger partial charge in [-0.2, -0.15) is 0 Å². The summed E-state index contributed by atoms with van der Waals surface area (Å²) in [5.41, 5.74) is 0. The van der Waals surface area contributed by atoms with Crippen LogP contribution in [0.3, 0.4) is 0 Å². The molecule has 2 aliphatic rings. The molecule has 1 aromatic rings. The predicted octanol–water partition coefficient (Wildman–Crippen LogP) is 0.560. The Morgan fingerprint density at radius 1 is 1.29 bits per heavy atom. The predicted molar refractivity (Wildman–Crippen MR) is 81.0 cm³/mol. The fraction of sp³-hybridized carbons (Fsp3) is 0.667. The Kier molecular flexibility index (Phi) is 4.34. The van der Waals surface area contributed by atoms with Crippen LogP contribution >= 0.6 is 0 Å². The average molecular weight is 289 g/mol. The van der Waals surface area contributed by atoms with Crippen molar-refractivity contribution >= 4 is 11.9 Å². The molecule has 0 aliphatic carbocycles. The van der Waals surface area contributed by atoms with Crippen LogP contribution < -0.4 is 15.5 Å². The average Bonchev–Trinajstić information content (AvgIpc) is 2.95. The van der Waals surface area contributed by atoms with Gasteiger partial charge < -0.3 is 15.5 Å². The minimum Gasteiger partial charge on any atom is -0.353 e. The van der Waals surface area contributed by atoms with E-state index in [0.29, 0.717) is 6.04 Å². The number of rotatable bonds is 3. The number of hydrogen-bond donors (Lipinski definition) is 2. The summed E-state index contributed by atoms with van der Waals surface area (Å²) >= 11 is 0. The van der Waals surface area contributed by atoms with Crippen LogP contribution in [0, 0.1) is 5.92 Å². The number of aromatic nitrogens is 2. The molecule has 6 heteroatoms. The largest absolute Gasteiger partial charge is 0.353 e. The van der Waals surface area contributed by atoms with Gasteiger partial charge in [-0.05, 0) is 38.8 Å². The highest BCUT2D eigenvalue weighted by atomic mass is 16.2. The number of anilines is 1. The van der Waals surface area contributed by atoms with Crippen molar-refractivity contribution < 1.29 is 4.79 Å². The molecule has 0 spiro atoms. The van der Waals surface area contributed by atoms with E-state index in [1.165, 1.54) is 0 Å². The molecule has 21 heavy (non-hydrogen) atoms. The Morgan fingerprint density at radius 2 is 2.00 bits per heavy atom. The van der Waals surface area contributed by atoms with Gasteiger partial charge in [-0.1, -0.05) is 0 Å². The van der Waals surface area contributed by atoms with Crippen molar-refractivity contribution in [3.05, 3.63) is 18.5 Å². The van der Waals surface area contributed by atoms with E-state index in [0.717, 1.165) is 44.8 Å². The maximum Gasteiger partial charge on any atom is 0.225 e. The first-order valence-electron chi connectivity index (χ1n) is 7.80. The summed E-state index contributed by atoms with van der Waals surface area (Å²) in [6.07, 6.45) is 6.40.